The Labute approximate surface area is 111 Å². The Morgan fingerprint density at radius 3 is 2.63 bits per heavy atom. The van der Waals surface area contributed by atoms with Crippen molar-refractivity contribution in [1.82, 2.24) is 4.90 Å². The molecule has 0 aromatic heterocycles. The number of benzene rings is 1. The zero-order chi connectivity index (χ0) is 13.8. The van der Waals surface area contributed by atoms with E-state index in [1.807, 2.05) is 0 Å². The lowest BCUT2D eigenvalue weighted by Crippen LogP contribution is -2.47. The standard InChI is InChI=1S/C14H18F2N2O/c15-11-5-4-10(13(16)9-11)8-14(19)18(7-6-17)12-2-1-3-12/h4-5,9,12H,1-3,6-8,17H2. The lowest BCUT2D eigenvalue weighted by molar-refractivity contribution is -0.134. The molecule has 0 saturated heterocycles. The number of nitrogens with two attached hydrogens (primary N) is 1. The van der Waals surface area contributed by atoms with Crippen LogP contribution in [0.2, 0.25) is 0 Å². The van der Waals surface area contributed by atoms with E-state index < -0.39 is 11.6 Å². The molecule has 0 aliphatic heterocycles. The van der Waals surface area contributed by atoms with Gasteiger partial charge in [0.2, 0.25) is 5.91 Å². The van der Waals surface area contributed by atoms with Gasteiger partial charge in [-0.15, -0.1) is 0 Å². The summed E-state index contributed by atoms with van der Waals surface area (Å²) in [5.74, 6) is -1.44. The van der Waals surface area contributed by atoms with Crippen molar-refractivity contribution in [2.45, 2.75) is 31.7 Å². The van der Waals surface area contributed by atoms with Gasteiger partial charge in [0, 0.05) is 25.2 Å². The SMILES string of the molecule is NCCN(C(=O)Cc1ccc(F)cc1F)C1CCC1. The van der Waals surface area contributed by atoms with Crippen LogP contribution >= 0.6 is 0 Å². The maximum Gasteiger partial charge on any atom is 0.227 e. The van der Waals surface area contributed by atoms with E-state index in [1.165, 1.54) is 12.1 Å². The number of carbonyl (C=O) groups is 1. The van der Waals surface area contributed by atoms with Gasteiger partial charge in [0.05, 0.1) is 6.42 Å². The Morgan fingerprint density at radius 2 is 2.11 bits per heavy atom. The zero-order valence-electron chi connectivity index (χ0n) is 10.7. The molecular weight excluding hydrogens is 250 g/mol. The summed E-state index contributed by atoms with van der Waals surface area (Å²) in [7, 11) is 0. The predicted molar refractivity (Wildman–Crippen MR) is 68.5 cm³/mol. The molecular formula is C14H18F2N2O. The minimum absolute atomic E-state index is 0.0391. The molecule has 0 unspecified atom stereocenters. The fourth-order valence-electron chi connectivity index (χ4n) is 2.28. The molecule has 19 heavy (non-hydrogen) atoms. The fourth-order valence-corrected chi connectivity index (χ4v) is 2.28. The van der Waals surface area contributed by atoms with Crippen LogP contribution in [0.1, 0.15) is 24.8 Å². The van der Waals surface area contributed by atoms with Crippen LogP contribution in [0.3, 0.4) is 0 Å². The van der Waals surface area contributed by atoms with Crippen LogP contribution in [0.25, 0.3) is 0 Å². The summed E-state index contributed by atoms with van der Waals surface area (Å²) in [6.07, 6.45) is 3.04. The van der Waals surface area contributed by atoms with Gasteiger partial charge in [-0.2, -0.15) is 0 Å². The number of nitrogens with zero attached hydrogens (tertiary/aromatic N) is 1. The second-order valence-electron chi connectivity index (χ2n) is 4.87. The number of carbonyl (C=O) groups excluding carboxylic acids is 1. The van der Waals surface area contributed by atoms with Crippen LogP contribution < -0.4 is 5.73 Å². The summed E-state index contributed by atoms with van der Waals surface area (Å²) in [5.41, 5.74) is 5.74. The summed E-state index contributed by atoms with van der Waals surface area (Å²) in [5, 5.41) is 0. The number of hydrogen-bond acceptors (Lipinski definition) is 2. The number of hydrogen-bond donors (Lipinski definition) is 1. The Hall–Kier alpha value is -1.49. The number of halogens is 2. The van der Waals surface area contributed by atoms with Crippen molar-refractivity contribution in [3.8, 4) is 0 Å². The summed E-state index contributed by atoms with van der Waals surface area (Å²) >= 11 is 0. The molecule has 0 bridgehead atoms. The normalized spacial score (nSPS) is 15.1. The Kier molecular flexibility index (Phi) is 4.47. The van der Waals surface area contributed by atoms with E-state index in [4.69, 9.17) is 5.73 Å². The first-order valence-electron chi connectivity index (χ1n) is 6.55. The third kappa shape index (κ3) is 3.29. The quantitative estimate of drug-likeness (QED) is 0.885. The molecule has 0 spiro atoms. The third-order valence-electron chi connectivity index (χ3n) is 3.56. The summed E-state index contributed by atoms with van der Waals surface area (Å²) in [6.45, 7) is 0.889. The first-order valence-corrected chi connectivity index (χ1v) is 6.55. The van der Waals surface area contributed by atoms with Gasteiger partial charge in [-0.25, -0.2) is 8.78 Å². The fraction of sp³-hybridized carbons (Fsp3) is 0.500. The molecule has 1 aromatic carbocycles. The molecule has 0 heterocycles. The van der Waals surface area contributed by atoms with E-state index in [0.29, 0.717) is 13.1 Å². The second-order valence-corrected chi connectivity index (χ2v) is 4.87. The van der Waals surface area contributed by atoms with Crippen LogP contribution in [0.5, 0.6) is 0 Å². The van der Waals surface area contributed by atoms with Crippen LogP contribution in [-0.2, 0) is 11.2 Å². The largest absolute Gasteiger partial charge is 0.338 e. The predicted octanol–water partition coefficient (Wildman–Crippen LogP) is 1.85. The maximum atomic E-state index is 13.5. The van der Waals surface area contributed by atoms with E-state index in [9.17, 15) is 13.6 Å². The summed E-state index contributed by atoms with van der Waals surface area (Å²) < 4.78 is 26.3. The van der Waals surface area contributed by atoms with E-state index in [0.717, 1.165) is 25.3 Å². The van der Waals surface area contributed by atoms with E-state index in [2.05, 4.69) is 0 Å². The highest BCUT2D eigenvalue weighted by Crippen LogP contribution is 2.25. The van der Waals surface area contributed by atoms with Gasteiger partial charge >= 0.3 is 0 Å². The molecule has 3 nitrogen and oxygen atoms in total. The van der Waals surface area contributed by atoms with Gasteiger partial charge in [-0.1, -0.05) is 6.07 Å². The average molecular weight is 268 g/mol. The number of rotatable bonds is 5. The molecule has 1 aliphatic rings. The van der Waals surface area contributed by atoms with Crippen molar-refractivity contribution >= 4 is 5.91 Å². The average Bonchev–Trinajstić information content (AvgIpc) is 2.30. The Balaban J connectivity index is 2.05. The van der Waals surface area contributed by atoms with Gasteiger partial charge in [0.1, 0.15) is 11.6 Å². The van der Waals surface area contributed by atoms with Crippen molar-refractivity contribution in [3.05, 3.63) is 35.4 Å². The maximum absolute atomic E-state index is 13.5. The van der Waals surface area contributed by atoms with E-state index in [1.54, 1.807) is 4.90 Å². The molecule has 1 aromatic rings. The minimum atomic E-state index is -0.672. The number of amides is 1. The topological polar surface area (TPSA) is 46.3 Å². The highest BCUT2D eigenvalue weighted by atomic mass is 19.1. The third-order valence-corrected chi connectivity index (χ3v) is 3.56. The Morgan fingerprint density at radius 1 is 1.37 bits per heavy atom. The van der Waals surface area contributed by atoms with Gasteiger partial charge in [0.15, 0.2) is 0 Å². The molecule has 1 saturated carbocycles. The highest BCUT2D eigenvalue weighted by Gasteiger charge is 2.28. The van der Waals surface area contributed by atoms with Crippen molar-refractivity contribution in [2.24, 2.45) is 5.73 Å². The molecule has 1 amide bonds. The van der Waals surface area contributed by atoms with Crippen molar-refractivity contribution in [2.75, 3.05) is 13.1 Å². The van der Waals surface area contributed by atoms with Crippen molar-refractivity contribution in [1.29, 1.82) is 0 Å². The van der Waals surface area contributed by atoms with E-state index >= 15 is 0 Å². The molecule has 0 radical (unpaired) electrons. The lowest BCUT2D eigenvalue weighted by Gasteiger charge is -2.37. The van der Waals surface area contributed by atoms with Crippen molar-refractivity contribution in [3.63, 3.8) is 0 Å². The highest BCUT2D eigenvalue weighted by molar-refractivity contribution is 5.79. The van der Waals surface area contributed by atoms with Crippen LogP contribution in [-0.4, -0.2) is 29.9 Å². The second kappa shape index (κ2) is 6.10. The monoisotopic (exact) mass is 268 g/mol. The summed E-state index contributed by atoms with van der Waals surface area (Å²) in [6, 6.07) is 3.53. The molecule has 2 rings (SSSR count). The summed E-state index contributed by atoms with van der Waals surface area (Å²) in [4.78, 5) is 13.9. The van der Waals surface area contributed by atoms with Crippen molar-refractivity contribution < 1.29 is 13.6 Å². The van der Waals surface area contributed by atoms with Crippen LogP contribution in [0.4, 0.5) is 8.78 Å². The molecule has 0 atom stereocenters. The minimum Gasteiger partial charge on any atom is -0.338 e. The van der Waals surface area contributed by atoms with Gasteiger partial charge < -0.3 is 10.6 Å². The molecule has 104 valence electrons. The van der Waals surface area contributed by atoms with Crippen LogP contribution in [0, 0.1) is 11.6 Å². The smallest absolute Gasteiger partial charge is 0.227 e. The first-order chi connectivity index (χ1) is 9.11. The molecule has 1 fully saturated rings. The van der Waals surface area contributed by atoms with E-state index in [-0.39, 0.29) is 23.9 Å². The van der Waals surface area contributed by atoms with Gasteiger partial charge in [-0.05, 0) is 30.9 Å². The zero-order valence-corrected chi connectivity index (χ0v) is 10.7. The van der Waals surface area contributed by atoms with Gasteiger partial charge in [0.25, 0.3) is 0 Å². The molecule has 5 heteroatoms. The molecule has 1 aliphatic carbocycles. The van der Waals surface area contributed by atoms with Gasteiger partial charge in [-0.3, -0.25) is 4.79 Å². The lowest BCUT2D eigenvalue weighted by atomic mass is 9.91. The Bertz CT molecular complexity index is 461. The first kappa shape index (κ1) is 13.9. The molecule has 2 N–H and O–H groups in total. The van der Waals surface area contributed by atoms with Crippen LogP contribution in [0.15, 0.2) is 18.2 Å².